The zero-order valence-corrected chi connectivity index (χ0v) is 10.6. The molecule has 0 atom stereocenters. The van der Waals surface area contributed by atoms with Gasteiger partial charge in [-0.2, -0.15) is 0 Å². The van der Waals surface area contributed by atoms with Gasteiger partial charge in [0.2, 0.25) is 0 Å². The van der Waals surface area contributed by atoms with E-state index in [2.05, 4.69) is 6.92 Å². The first kappa shape index (κ1) is 13.7. The Kier molecular flexibility index (Phi) is 6.04. The Morgan fingerprint density at radius 1 is 1.06 bits per heavy atom. The maximum absolute atomic E-state index is 11.1. The number of hydrogen-bond acceptors (Lipinski definition) is 2. The van der Waals surface area contributed by atoms with Crippen molar-refractivity contribution in [1.29, 1.82) is 0 Å². The van der Waals surface area contributed by atoms with Crippen molar-refractivity contribution in [2.24, 2.45) is 0 Å². The monoisotopic (exact) mass is 226 g/mol. The zero-order valence-electron chi connectivity index (χ0n) is 10.6. The van der Waals surface area contributed by atoms with Crippen molar-refractivity contribution in [3.05, 3.63) is 0 Å². The SMILES string of the molecule is CCCCCCCCC1(O)CCC(=O)CC1. The number of carbonyl (C=O) groups excluding carboxylic acids is 1. The molecule has 0 spiro atoms. The fraction of sp³-hybridized carbons (Fsp3) is 0.929. The van der Waals surface area contributed by atoms with Gasteiger partial charge in [-0.05, 0) is 19.3 Å². The summed E-state index contributed by atoms with van der Waals surface area (Å²) in [4.78, 5) is 11.1. The summed E-state index contributed by atoms with van der Waals surface area (Å²) in [5.74, 6) is 0.327. The molecule has 1 rings (SSSR count). The maximum atomic E-state index is 11.1. The number of carbonyl (C=O) groups is 1. The van der Waals surface area contributed by atoms with Crippen LogP contribution >= 0.6 is 0 Å². The van der Waals surface area contributed by atoms with Crippen LogP contribution in [0.15, 0.2) is 0 Å². The lowest BCUT2D eigenvalue weighted by molar-refractivity contribution is -0.125. The van der Waals surface area contributed by atoms with Crippen LogP contribution in [0.4, 0.5) is 0 Å². The molecule has 1 fully saturated rings. The van der Waals surface area contributed by atoms with E-state index in [-0.39, 0.29) is 0 Å². The third kappa shape index (κ3) is 5.11. The summed E-state index contributed by atoms with van der Waals surface area (Å²) in [5.41, 5.74) is -0.515. The highest BCUT2D eigenvalue weighted by molar-refractivity contribution is 5.79. The van der Waals surface area contributed by atoms with E-state index in [4.69, 9.17) is 0 Å². The van der Waals surface area contributed by atoms with Crippen LogP contribution in [-0.2, 0) is 4.79 Å². The first-order valence-electron chi connectivity index (χ1n) is 6.90. The molecule has 1 saturated carbocycles. The Hall–Kier alpha value is -0.370. The van der Waals surface area contributed by atoms with Gasteiger partial charge in [0.05, 0.1) is 5.60 Å². The smallest absolute Gasteiger partial charge is 0.133 e. The van der Waals surface area contributed by atoms with Crippen LogP contribution in [0.25, 0.3) is 0 Å². The summed E-state index contributed by atoms with van der Waals surface area (Å²) < 4.78 is 0. The van der Waals surface area contributed by atoms with Crippen LogP contribution in [0.2, 0.25) is 0 Å². The van der Waals surface area contributed by atoms with Gasteiger partial charge in [-0.25, -0.2) is 0 Å². The Morgan fingerprint density at radius 3 is 2.25 bits per heavy atom. The van der Waals surface area contributed by atoms with E-state index < -0.39 is 5.60 Å². The summed E-state index contributed by atoms with van der Waals surface area (Å²) >= 11 is 0. The molecule has 0 aliphatic heterocycles. The van der Waals surface area contributed by atoms with E-state index in [0.29, 0.717) is 31.5 Å². The highest BCUT2D eigenvalue weighted by atomic mass is 16.3. The highest BCUT2D eigenvalue weighted by Crippen LogP contribution is 2.31. The van der Waals surface area contributed by atoms with Gasteiger partial charge in [-0.15, -0.1) is 0 Å². The fourth-order valence-electron chi connectivity index (χ4n) is 2.48. The largest absolute Gasteiger partial charge is 0.390 e. The van der Waals surface area contributed by atoms with E-state index in [0.717, 1.165) is 12.8 Å². The summed E-state index contributed by atoms with van der Waals surface area (Å²) in [5, 5.41) is 10.2. The van der Waals surface area contributed by atoms with E-state index in [1.54, 1.807) is 0 Å². The number of ketones is 1. The van der Waals surface area contributed by atoms with Gasteiger partial charge in [-0.3, -0.25) is 4.79 Å². The van der Waals surface area contributed by atoms with Crippen molar-refractivity contribution >= 4 is 5.78 Å². The van der Waals surface area contributed by atoms with Crippen molar-refractivity contribution in [3.8, 4) is 0 Å². The molecule has 0 aromatic rings. The molecule has 0 unspecified atom stereocenters. The van der Waals surface area contributed by atoms with Crippen LogP contribution in [0, 0.1) is 0 Å². The van der Waals surface area contributed by atoms with Crippen molar-refractivity contribution in [2.75, 3.05) is 0 Å². The van der Waals surface area contributed by atoms with Crippen LogP contribution in [0.3, 0.4) is 0 Å². The third-order valence-corrected chi connectivity index (χ3v) is 3.73. The van der Waals surface area contributed by atoms with Crippen molar-refractivity contribution in [1.82, 2.24) is 0 Å². The average molecular weight is 226 g/mol. The van der Waals surface area contributed by atoms with Gasteiger partial charge in [0, 0.05) is 12.8 Å². The van der Waals surface area contributed by atoms with Gasteiger partial charge in [-0.1, -0.05) is 45.4 Å². The minimum atomic E-state index is -0.515. The maximum Gasteiger partial charge on any atom is 0.133 e. The predicted molar refractivity (Wildman–Crippen MR) is 66.4 cm³/mol. The summed E-state index contributed by atoms with van der Waals surface area (Å²) in [6.07, 6.45) is 11.1. The van der Waals surface area contributed by atoms with Gasteiger partial charge in [0.1, 0.15) is 5.78 Å². The number of unbranched alkanes of at least 4 members (excludes halogenated alkanes) is 5. The summed E-state index contributed by atoms with van der Waals surface area (Å²) in [6, 6.07) is 0. The standard InChI is InChI=1S/C14H26O2/c1-2-3-4-5-6-7-10-14(16)11-8-13(15)9-12-14/h16H,2-12H2,1H3. The number of aliphatic hydroxyl groups is 1. The number of hydrogen-bond donors (Lipinski definition) is 1. The van der Waals surface area contributed by atoms with Gasteiger partial charge < -0.3 is 5.11 Å². The van der Waals surface area contributed by atoms with Crippen molar-refractivity contribution < 1.29 is 9.90 Å². The first-order valence-corrected chi connectivity index (χ1v) is 6.90. The molecule has 0 amide bonds. The van der Waals surface area contributed by atoms with Crippen LogP contribution in [0.5, 0.6) is 0 Å². The van der Waals surface area contributed by atoms with Crippen molar-refractivity contribution in [2.45, 2.75) is 83.2 Å². The second-order valence-electron chi connectivity index (χ2n) is 5.28. The lowest BCUT2D eigenvalue weighted by Gasteiger charge is -2.31. The lowest BCUT2D eigenvalue weighted by Crippen LogP contribution is -2.34. The predicted octanol–water partition coefficient (Wildman–Crippen LogP) is 3.61. The van der Waals surface area contributed by atoms with E-state index >= 15 is 0 Å². The van der Waals surface area contributed by atoms with Crippen LogP contribution in [0.1, 0.15) is 77.6 Å². The molecular weight excluding hydrogens is 200 g/mol. The normalized spacial score (nSPS) is 20.0. The average Bonchev–Trinajstić information content (AvgIpc) is 2.28. The number of Topliss-reactive ketones (excluding diaryl/α,β-unsaturated/α-hetero) is 1. The minimum absolute atomic E-state index is 0.327. The lowest BCUT2D eigenvalue weighted by atomic mass is 9.80. The minimum Gasteiger partial charge on any atom is -0.390 e. The summed E-state index contributed by atoms with van der Waals surface area (Å²) in [7, 11) is 0. The molecular formula is C14H26O2. The molecule has 0 bridgehead atoms. The Bertz CT molecular complexity index is 201. The highest BCUT2D eigenvalue weighted by Gasteiger charge is 2.31. The molecule has 0 saturated heterocycles. The second-order valence-corrected chi connectivity index (χ2v) is 5.28. The summed E-state index contributed by atoms with van der Waals surface area (Å²) in [6.45, 7) is 2.22. The molecule has 1 N–H and O–H groups in total. The Labute approximate surface area is 99.4 Å². The second kappa shape index (κ2) is 7.05. The molecule has 0 radical (unpaired) electrons. The zero-order chi connectivity index (χ0) is 11.9. The van der Waals surface area contributed by atoms with E-state index in [9.17, 15) is 9.90 Å². The molecule has 2 nitrogen and oxygen atoms in total. The molecule has 16 heavy (non-hydrogen) atoms. The number of rotatable bonds is 7. The van der Waals surface area contributed by atoms with Crippen LogP contribution in [-0.4, -0.2) is 16.5 Å². The molecule has 94 valence electrons. The molecule has 0 aromatic heterocycles. The van der Waals surface area contributed by atoms with Gasteiger partial charge in [0.25, 0.3) is 0 Å². The first-order chi connectivity index (χ1) is 7.66. The topological polar surface area (TPSA) is 37.3 Å². The fourth-order valence-corrected chi connectivity index (χ4v) is 2.48. The van der Waals surface area contributed by atoms with Gasteiger partial charge >= 0.3 is 0 Å². The molecule has 2 heteroatoms. The third-order valence-electron chi connectivity index (χ3n) is 3.73. The molecule has 1 aliphatic rings. The quantitative estimate of drug-likeness (QED) is 0.673. The Balaban J connectivity index is 2.05. The molecule has 0 aromatic carbocycles. The van der Waals surface area contributed by atoms with Crippen LogP contribution < -0.4 is 0 Å². The Morgan fingerprint density at radius 2 is 1.62 bits per heavy atom. The molecule has 1 aliphatic carbocycles. The van der Waals surface area contributed by atoms with E-state index in [1.165, 1.54) is 32.1 Å². The molecule has 0 heterocycles. The van der Waals surface area contributed by atoms with Gasteiger partial charge in [0.15, 0.2) is 0 Å². The van der Waals surface area contributed by atoms with E-state index in [1.807, 2.05) is 0 Å². The van der Waals surface area contributed by atoms with Crippen molar-refractivity contribution in [3.63, 3.8) is 0 Å².